The number of carbonyl (C=O) groups is 2. The van der Waals surface area contributed by atoms with Crippen LogP contribution in [0.4, 0.5) is 5.69 Å². The average Bonchev–Trinajstić information content (AvgIpc) is 2.80. The quantitative estimate of drug-likeness (QED) is 0.506. The predicted molar refractivity (Wildman–Crippen MR) is 118 cm³/mol. The lowest BCUT2D eigenvalue weighted by Crippen LogP contribution is -2.29. The van der Waals surface area contributed by atoms with Crippen LogP contribution in [0.3, 0.4) is 0 Å². The van der Waals surface area contributed by atoms with Gasteiger partial charge in [0, 0.05) is 17.3 Å². The van der Waals surface area contributed by atoms with Gasteiger partial charge in [0.25, 0.3) is 5.56 Å². The van der Waals surface area contributed by atoms with Gasteiger partial charge in [0.2, 0.25) is 5.91 Å². The molecule has 0 unspecified atom stereocenters. The molecular formula is C24H19N3O4. The number of rotatable bonds is 5. The molecule has 7 nitrogen and oxygen atoms in total. The van der Waals surface area contributed by atoms with Crippen molar-refractivity contribution in [2.75, 3.05) is 12.4 Å². The fourth-order valence-electron chi connectivity index (χ4n) is 3.30. The van der Waals surface area contributed by atoms with Crippen molar-refractivity contribution in [1.82, 2.24) is 9.78 Å². The summed E-state index contributed by atoms with van der Waals surface area (Å²) >= 11 is 0. The summed E-state index contributed by atoms with van der Waals surface area (Å²) in [6.45, 7) is -0.240. The van der Waals surface area contributed by atoms with Crippen molar-refractivity contribution >= 4 is 28.3 Å². The summed E-state index contributed by atoms with van der Waals surface area (Å²) in [4.78, 5) is 36.2. The van der Waals surface area contributed by atoms with Gasteiger partial charge < -0.3 is 10.1 Å². The number of anilines is 1. The van der Waals surface area contributed by atoms with Crippen molar-refractivity contribution in [3.8, 4) is 11.3 Å². The zero-order valence-electron chi connectivity index (χ0n) is 16.7. The molecule has 4 aromatic rings. The Balaban J connectivity index is 1.56. The van der Waals surface area contributed by atoms with E-state index in [-0.39, 0.29) is 12.1 Å². The summed E-state index contributed by atoms with van der Waals surface area (Å²) < 4.78 is 5.79. The van der Waals surface area contributed by atoms with E-state index in [2.05, 4.69) is 15.2 Å². The SMILES string of the molecule is COC(=O)c1ccc(NC(=O)Cn2nc(-c3cccc4ccccc34)ccc2=O)cc1. The predicted octanol–water partition coefficient (Wildman–Crippen LogP) is 3.49. The Kier molecular flexibility index (Phi) is 5.57. The first-order valence-electron chi connectivity index (χ1n) is 9.60. The van der Waals surface area contributed by atoms with E-state index in [1.54, 1.807) is 30.3 Å². The van der Waals surface area contributed by atoms with Gasteiger partial charge in [-0.05, 0) is 41.1 Å². The van der Waals surface area contributed by atoms with Crippen LogP contribution in [0, 0.1) is 0 Å². The van der Waals surface area contributed by atoms with Crippen LogP contribution in [0.1, 0.15) is 10.4 Å². The van der Waals surface area contributed by atoms with Gasteiger partial charge in [-0.15, -0.1) is 0 Å². The fraction of sp³-hybridized carbons (Fsp3) is 0.0833. The standard InChI is InChI=1S/C24H19N3O4/c1-31-24(30)17-9-11-18(12-10-17)25-22(28)15-27-23(29)14-13-21(26-27)20-8-4-6-16-5-2-3-7-19(16)20/h2-14H,15H2,1H3,(H,25,28). The van der Waals surface area contributed by atoms with Crippen LogP contribution in [0.2, 0.25) is 0 Å². The van der Waals surface area contributed by atoms with Crippen LogP contribution in [0.5, 0.6) is 0 Å². The Bertz CT molecular complexity index is 1320. The lowest BCUT2D eigenvalue weighted by Gasteiger charge is -2.10. The van der Waals surface area contributed by atoms with E-state index in [0.29, 0.717) is 16.9 Å². The molecule has 1 N–H and O–H groups in total. The maximum absolute atomic E-state index is 12.5. The molecule has 1 heterocycles. The maximum atomic E-state index is 12.5. The molecule has 3 aromatic carbocycles. The third-order valence-electron chi connectivity index (χ3n) is 4.82. The fourth-order valence-corrected chi connectivity index (χ4v) is 3.30. The number of fused-ring (bicyclic) bond motifs is 1. The van der Waals surface area contributed by atoms with Crippen molar-refractivity contribution in [3.05, 3.63) is 94.8 Å². The summed E-state index contributed by atoms with van der Waals surface area (Å²) in [5.74, 6) is -0.866. The second-order valence-corrected chi connectivity index (χ2v) is 6.86. The van der Waals surface area contributed by atoms with Crippen molar-refractivity contribution in [2.45, 2.75) is 6.54 Å². The maximum Gasteiger partial charge on any atom is 0.337 e. The van der Waals surface area contributed by atoms with E-state index in [9.17, 15) is 14.4 Å². The van der Waals surface area contributed by atoms with Crippen LogP contribution in [-0.4, -0.2) is 28.8 Å². The monoisotopic (exact) mass is 413 g/mol. The Morgan fingerprint density at radius 2 is 1.68 bits per heavy atom. The Morgan fingerprint density at radius 1 is 0.935 bits per heavy atom. The Hall–Kier alpha value is -4.26. The highest BCUT2D eigenvalue weighted by Crippen LogP contribution is 2.26. The minimum absolute atomic E-state index is 0.240. The number of aromatic nitrogens is 2. The first-order chi connectivity index (χ1) is 15.0. The summed E-state index contributed by atoms with van der Waals surface area (Å²) in [6.07, 6.45) is 0. The molecule has 0 saturated heterocycles. The highest BCUT2D eigenvalue weighted by Gasteiger charge is 2.11. The number of benzene rings is 3. The molecule has 7 heteroatoms. The first kappa shape index (κ1) is 20.0. The van der Waals surface area contributed by atoms with E-state index in [1.807, 2.05) is 42.5 Å². The molecular weight excluding hydrogens is 394 g/mol. The third kappa shape index (κ3) is 4.35. The summed E-state index contributed by atoms with van der Waals surface area (Å²) in [7, 11) is 1.30. The second kappa shape index (κ2) is 8.62. The number of hydrogen-bond donors (Lipinski definition) is 1. The van der Waals surface area contributed by atoms with Gasteiger partial charge in [-0.1, -0.05) is 42.5 Å². The molecule has 0 aliphatic heterocycles. The normalized spacial score (nSPS) is 10.6. The van der Waals surface area contributed by atoms with Gasteiger partial charge in [0.05, 0.1) is 18.4 Å². The molecule has 1 aromatic heterocycles. The number of carbonyl (C=O) groups excluding carboxylic acids is 2. The summed E-state index contributed by atoms with van der Waals surface area (Å²) in [5.41, 5.74) is 1.98. The third-order valence-corrected chi connectivity index (χ3v) is 4.82. The average molecular weight is 413 g/mol. The van der Waals surface area contributed by atoms with Gasteiger partial charge >= 0.3 is 5.97 Å². The molecule has 31 heavy (non-hydrogen) atoms. The molecule has 0 fully saturated rings. The molecule has 0 aliphatic rings. The lowest BCUT2D eigenvalue weighted by atomic mass is 10.0. The largest absolute Gasteiger partial charge is 0.465 e. The molecule has 4 rings (SSSR count). The second-order valence-electron chi connectivity index (χ2n) is 6.86. The Labute approximate surface area is 177 Å². The lowest BCUT2D eigenvalue weighted by molar-refractivity contribution is -0.117. The number of nitrogens with zero attached hydrogens (tertiary/aromatic N) is 2. The van der Waals surface area contributed by atoms with Gasteiger partial charge in [-0.25, -0.2) is 9.48 Å². The van der Waals surface area contributed by atoms with E-state index in [1.165, 1.54) is 13.2 Å². The van der Waals surface area contributed by atoms with Gasteiger partial charge in [0.15, 0.2) is 0 Å². The first-order valence-corrected chi connectivity index (χ1v) is 9.60. The van der Waals surface area contributed by atoms with Crippen molar-refractivity contribution in [1.29, 1.82) is 0 Å². The minimum Gasteiger partial charge on any atom is -0.465 e. The molecule has 154 valence electrons. The summed E-state index contributed by atoms with van der Waals surface area (Å²) in [5, 5.41) is 9.18. The van der Waals surface area contributed by atoms with Crippen molar-refractivity contribution < 1.29 is 14.3 Å². The van der Waals surface area contributed by atoms with Crippen LogP contribution in [0.25, 0.3) is 22.0 Å². The van der Waals surface area contributed by atoms with Crippen LogP contribution >= 0.6 is 0 Å². The summed E-state index contributed by atoms with van der Waals surface area (Å²) in [6, 6.07) is 23.1. The molecule has 0 saturated carbocycles. The van der Waals surface area contributed by atoms with Crippen LogP contribution < -0.4 is 10.9 Å². The number of methoxy groups -OCH3 is 1. The molecule has 0 radical (unpaired) electrons. The zero-order valence-corrected chi connectivity index (χ0v) is 16.7. The molecule has 0 aliphatic carbocycles. The highest BCUT2D eigenvalue weighted by molar-refractivity contribution is 5.96. The number of amides is 1. The molecule has 1 amide bonds. The number of ether oxygens (including phenoxy) is 1. The van der Waals surface area contributed by atoms with E-state index in [4.69, 9.17) is 0 Å². The Morgan fingerprint density at radius 3 is 2.45 bits per heavy atom. The topological polar surface area (TPSA) is 90.3 Å². The van der Waals surface area contributed by atoms with E-state index in [0.717, 1.165) is 21.0 Å². The highest BCUT2D eigenvalue weighted by atomic mass is 16.5. The smallest absolute Gasteiger partial charge is 0.337 e. The van der Waals surface area contributed by atoms with Crippen LogP contribution in [-0.2, 0) is 16.1 Å². The molecule has 0 bridgehead atoms. The van der Waals surface area contributed by atoms with E-state index >= 15 is 0 Å². The molecule has 0 atom stereocenters. The van der Waals surface area contributed by atoms with Gasteiger partial charge in [-0.2, -0.15) is 5.10 Å². The zero-order chi connectivity index (χ0) is 21.8. The minimum atomic E-state index is -0.459. The van der Waals surface area contributed by atoms with Crippen molar-refractivity contribution in [3.63, 3.8) is 0 Å². The number of nitrogens with one attached hydrogen (secondary N) is 1. The number of hydrogen-bond acceptors (Lipinski definition) is 5. The van der Waals surface area contributed by atoms with Crippen LogP contribution in [0.15, 0.2) is 83.7 Å². The molecule has 0 spiro atoms. The van der Waals surface area contributed by atoms with Crippen molar-refractivity contribution in [2.24, 2.45) is 0 Å². The van der Waals surface area contributed by atoms with Gasteiger partial charge in [-0.3, -0.25) is 9.59 Å². The number of esters is 1. The van der Waals surface area contributed by atoms with Gasteiger partial charge in [0.1, 0.15) is 6.54 Å². The van der Waals surface area contributed by atoms with E-state index < -0.39 is 11.9 Å².